The van der Waals surface area contributed by atoms with Crippen LogP contribution in [0, 0.1) is 11.7 Å². The number of hydrogen-bond donors (Lipinski definition) is 2. The number of carbonyl (C=O) groups excluding carboxylic acids is 2. The first-order chi connectivity index (χ1) is 21.5. The lowest BCUT2D eigenvalue weighted by molar-refractivity contribution is -0.377. The zero-order chi connectivity index (χ0) is 33.4. The van der Waals surface area contributed by atoms with E-state index in [-0.39, 0.29) is 42.2 Å². The topological polar surface area (TPSA) is 69.4 Å². The van der Waals surface area contributed by atoms with Crippen LogP contribution < -0.4 is 10.3 Å². The Bertz CT molecular complexity index is 1590. The molecule has 1 aliphatic carbocycles. The van der Waals surface area contributed by atoms with Crippen LogP contribution in [0.15, 0.2) is 72.8 Å². The van der Waals surface area contributed by atoms with E-state index in [0.29, 0.717) is 41.8 Å². The highest BCUT2D eigenvalue weighted by Gasteiger charge is 2.52. The summed E-state index contributed by atoms with van der Waals surface area (Å²) in [5.41, 5.74) is -2.49. The zero-order valence-electron chi connectivity index (χ0n) is 24.9. The number of Topliss-reactive ketones (excluding diaryl/α,β-unsaturated/α-hetero) is 1. The molecule has 5 atom stereocenters. The Labute approximate surface area is 260 Å². The third-order valence-electron chi connectivity index (χ3n) is 8.81. The molecule has 12 heteroatoms. The van der Waals surface area contributed by atoms with Gasteiger partial charge < -0.3 is 4.74 Å². The minimum atomic E-state index is -5.01. The third kappa shape index (κ3) is 7.23. The van der Waals surface area contributed by atoms with Crippen molar-refractivity contribution in [1.29, 1.82) is 0 Å². The van der Waals surface area contributed by atoms with E-state index in [1.807, 2.05) is 0 Å². The van der Waals surface area contributed by atoms with Crippen molar-refractivity contribution in [2.75, 3.05) is 6.54 Å². The minimum Gasteiger partial charge on any atom is -0.370 e. The number of alkyl halides is 6. The summed E-state index contributed by atoms with van der Waals surface area (Å²) in [5, 5.41) is 3.07. The van der Waals surface area contributed by atoms with Crippen LogP contribution in [0.1, 0.15) is 77.7 Å². The highest BCUT2D eigenvalue weighted by Crippen LogP contribution is 2.46. The van der Waals surface area contributed by atoms with Gasteiger partial charge >= 0.3 is 18.3 Å². The van der Waals surface area contributed by atoms with Crippen molar-refractivity contribution in [3.63, 3.8) is 0 Å². The molecule has 1 heterocycles. The second-order valence-corrected chi connectivity index (χ2v) is 12.0. The summed E-state index contributed by atoms with van der Waals surface area (Å²) in [6.07, 6.45) is -10.8. The van der Waals surface area contributed by atoms with Crippen molar-refractivity contribution in [2.24, 2.45) is 5.92 Å². The first kappa shape index (κ1) is 33.5. The fourth-order valence-corrected chi connectivity index (χ4v) is 6.35. The van der Waals surface area contributed by atoms with Crippen molar-refractivity contribution < 1.29 is 50.1 Å². The molecule has 46 heavy (non-hydrogen) atoms. The Morgan fingerprint density at radius 2 is 1.57 bits per heavy atom. The molecule has 0 spiro atoms. The summed E-state index contributed by atoms with van der Waals surface area (Å²) in [7, 11) is 0. The van der Waals surface area contributed by atoms with Gasteiger partial charge in [0.2, 0.25) is 0 Å². The molecule has 5 rings (SSSR count). The molecule has 1 saturated carbocycles. The Kier molecular flexibility index (Phi) is 9.25. The Morgan fingerprint density at radius 1 is 0.957 bits per heavy atom. The number of ether oxygens (including phenoxy) is 1. The van der Waals surface area contributed by atoms with Crippen LogP contribution in [0.4, 0.5) is 30.7 Å². The maximum atomic E-state index is 13.9. The first-order valence-corrected chi connectivity index (χ1v) is 14.8. The van der Waals surface area contributed by atoms with E-state index in [1.165, 1.54) is 19.1 Å². The Hall–Kier alpha value is -3.90. The lowest BCUT2D eigenvalue weighted by Gasteiger charge is -2.28. The van der Waals surface area contributed by atoms with Crippen molar-refractivity contribution in [3.8, 4) is 0 Å². The van der Waals surface area contributed by atoms with Gasteiger partial charge in [-0.25, -0.2) is 9.18 Å². The van der Waals surface area contributed by atoms with Gasteiger partial charge in [-0.1, -0.05) is 42.5 Å². The number of rotatable bonds is 9. The average molecular weight is 650 g/mol. The van der Waals surface area contributed by atoms with Crippen molar-refractivity contribution in [2.45, 2.75) is 69.1 Å². The summed E-state index contributed by atoms with van der Waals surface area (Å²) in [5.74, 6) is -1.87. The summed E-state index contributed by atoms with van der Waals surface area (Å²) < 4.78 is 101. The van der Waals surface area contributed by atoms with Crippen molar-refractivity contribution in [3.05, 3.63) is 106 Å². The summed E-state index contributed by atoms with van der Waals surface area (Å²) >= 11 is 0. The molecule has 3 aromatic carbocycles. The smallest absolute Gasteiger partial charge is 0.370 e. The summed E-state index contributed by atoms with van der Waals surface area (Å²) in [6, 6.07) is 15.6. The minimum absolute atomic E-state index is 0.0704. The number of amides is 1. The molecule has 244 valence electrons. The van der Waals surface area contributed by atoms with Crippen LogP contribution >= 0.6 is 0 Å². The van der Waals surface area contributed by atoms with Gasteiger partial charge in [0.25, 0.3) is 0 Å². The Balaban J connectivity index is 1.39. The van der Waals surface area contributed by atoms with Crippen LogP contribution in [-0.4, -0.2) is 35.6 Å². The van der Waals surface area contributed by atoms with Gasteiger partial charge in [-0.05, 0) is 68.1 Å². The summed E-state index contributed by atoms with van der Waals surface area (Å²) in [4.78, 5) is 28.8. The van der Waals surface area contributed by atoms with Crippen LogP contribution in [-0.2, 0) is 21.9 Å². The van der Waals surface area contributed by atoms with Gasteiger partial charge in [0, 0.05) is 17.4 Å². The van der Waals surface area contributed by atoms with E-state index in [2.05, 4.69) is 10.3 Å². The highest BCUT2D eigenvalue weighted by molar-refractivity contribution is 6.00. The molecular weight excluding hydrogens is 617 g/mol. The average Bonchev–Trinajstić information content (AvgIpc) is 3.55. The van der Waals surface area contributed by atoms with Crippen LogP contribution in [0.25, 0.3) is 0 Å². The molecular formula is C34H32F7N2O3+. The van der Waals surface area contributed by atoms with E-state index in [0.717, 1.165) is 0 Å². The van der Waals surface area contributed by atoms with Gasteiger partial charge in [0.15, 0.2) is 17.0 Å². The lowest BCUT2D eigenvalue weighted by Crippen LogP contribution is -2.79. The molecule has 0 bridgehead atoms. The molecule has 0 saturated heterocycles. The highest BCUT2D eigenvalue weighted by atomic mass is 19.4. The Morgan fingerprint density at radius 3 is 2.15 bits per heavy atom. The largest absolute Gasteiger partial charge is 0.416 e. The fourth-order valence-electron chi connectivity index (χ4n) is 6.35. The predicted octanol–water partition coefficient (Wildman–Crippen LogP) is 6.19. The lowest BCUT2D eigenvalue weighted by atomic mass is 9.81. The number of benzene rings is 3. The SMILES string of the molecule is C[C@@H](OC1CC[C@H](C2=[NH+]C(=O)[C@](C)(NCC(=O)c3ccccc3)C2)[C@@H]1c1ccc(F)cc1)c1cc(C(F)(F)F)cc(C(F)(F)F)c1. The van der Waals surface area contributed by atoms with E-state index < -0.39 is 53.0 Å². The van der Waals surface area contributed by atoms with E-state index >= 15 is 0 Å². The van der Waals surface area contributed by atoms with Crippen LogP contribution in [0.2, 0.25) is 0 Å². The standard InChI is InChI=1S/C34H31F7N2O3/c1-19(22-14-23(33(36,37)38)16-24(15-22)34(39,40)41)46-29-13-12-26(30(29)21-8-10-25(35)11-9-21)27-17-32(2,31(45)43-27)42-18-28(44)20-6-4-3-5-7-20/h3-11,14-16,19,26,29-30,42H,12-13,17-18H2,1-2H3/p+1/t19-,26-,29?,30+,32-/m1/s1. The number of carbonyl (C=O) groups is 2. The molecule has 1 amide bonds. The maximum absolute atomic E-state index is 13.9. The predicted molar refractivity (Wildman–Crippen MR) is 154 cm³/mol. The molecule has 3 aromatic rings. The van der Waals surface area contributed by atoms with E-state index in [9.17, 15) is 40.3 Å². The van der Waals surface area contributed by atoms with E-state index in [1.54, 1.807) is 49.4 Å². The van der Waals surface area contributed by atoms with Gasteiger partial charge in [0.1, 0.15) is 5.82 Å². The number of hydrogen-bond acceptors (Lipinski definition) is 4. The first-order valence-electron chi connectivity index (χ1n) is 14.8. The molecule has 0 radical (unpaired) electrons. The quantitative estimate of drug-likeness (QED) is 0.215. The van der Waals surface area contributed by atoms with Crippen LogP contribution in [0.3, 0.4) is 0 Å². The van der Waals surface area contributed by atoms with Gasteiger partial charge in [0.05, 0.1) is 36.3 Å². The second kappa shape index (κ2) is 12.7. The fraction of sp³-hybridized carbons (Fsp3) is 0.382. The maximum Gasteiger partial charge on any atom is 0.416 e. The van der Waals surface area contributed by atoms with E-state index in [4.69, 9.17) is 4.74 Å². The molecule has 2 N–H and O–H groups in total. The third-order valence-corrected chi connectivity index (χ3v) is 8.81. The van der Waals surface area contributed by atoms with Crippen molar-refractivity contribution in [1.82, 2.24) is 5.32 Å². The van der Waals surface area contributed by atoms with Crippen molar-refractivity contribution >= 4 is 17.4 Å². The molecule has 0 aromatic heterocycles. The monoisotopic (exact) mass is 649 g/mol. The molecule has 5 nitrogen and oxygen atoms in total. The van der Waals surface area contributed by atoms with Crippen LogP contribution in [0.5, 0.6) is 0 Å². The number of halogens is 7. The molecule has 2 aliphatic rings. The molecule has 1 aliphatic heterocycles. The van der Waals surface area contributed by atoms with Gasteiger partial charge in [-0.15, -0.1) is 0 Å². The molecule has 1 fully saturated rings. The number of ketones is 1. The van der Waals surface area contributed by atoms with Gasteiger partial charge in [-0.3, -0.25) is 10.1 Å². The summed E-state index contributed by atoms with van der Waals surface area (Å²) in [6.45, 7) is 2.98. The second-order valence-electron chi connectivity index (χ2n) is 12.0. The normalized spacial score (nSPS) is 24.2. The molecule has 1 unspecified atom stereocenters. The van der Waals surface area contributed by atoms with Gasteiger partial charge in [-0.2, -0.15) is 31.3 Å². The zero-order valence-corrected chi connectivity index (χ0v) is 24.9. The number of nitrogens with one attached hydrogen (secondary N) is 2.